The van der Waals surface area contributed by atoms with Crippen molar-refractivity contribution >= 4 is 33.0 Å². The first-order valence-electron chi connectivity index (χ1n) is 7.51. The Kier molecular flexibility index (Phi) is 5.39. The molecule has 0 aliphatic carbocycles. The molecule has 2 heterocycles. The number of hydrogen-bond acceptors (Lipinski definition) is 7. The van der Waals surface area contributed by atoms with Crippen molar-refractivity contribution in [1.82, 2.24) is 14.5 Å². The van der Waals surface area contributed by atoms with Crippen molar-refractivity contribution in [1.29, 1.82) is 0 Å². The molecule has 0 N–H and O–H groups in total. The molecule has 0 bridgehead atoms. The van der Waals surface area contributed by atoms with Crippen molar-refractivity contribution in [3.8, 4) is 5.75 Å². The maximum Gasteiger partial charge on any atom is 0.151 e. The lowest BCUT2D eigenvalue weighted by Crippen LogP contribution is -2.35. The number of aromatic nitrogens is 2. The summed E-state index contributed by atoms with van der Waals surface area (Å²) in [5, 5.41) is 4.06. The van der Waals surface area contributed by atoms with Crippen molar-refractivity contribution in [2.45, 2.75) is 25.6 Å². The Bertz CT molecular complexity index is 793. The lowest BCUT2D eigenvalue weighted by molar-refractivity contribution is 0.192. The Morgan fingerprint density at radius 2 is 2.08 bits per heavy atom. The monoisotopic (exact) mass is 387 g/mol. The highest BCUT2D eigenvalue weighted by atomic mass is 35.5. The summed E-state index contributed by atoms with van der Waals surface area (Å²) in [7, 11) is -1.33. The Hall–Kier alpha value is -1.22. The van der Waals surface area contributed by atoms with Crippen LogP contribution in [0.15, 0.2) is 24.3 Å². The topological polar surface area (TPSA) is 72.4 Å². The van der Waals surface area contributed by atoms with Crippen LogP contribution in [0.2, 0.25) is 4.34 Å². The molecule has 1 aromatic heterocycles. The van der Waals surface area contributed by atoms with Gasteiger partial charge in [-0.3, -0.25) is 4.90 Å². The van der Waals surface area contributed by atoms with E-state index in [4.69, 9.17) is 16.3 Å². The number of rotatable bonds is 6. The van der Waals surface area contributed by atoms with Crippen LogP contribution in [0.4, 0.5) is 0 Å². The van der Waals surface area contributed by atoms with Gasteiger partial charge in [0.2, 0.25) is 0 Å². The van der Waals surface area contributed by atoms with Crippen LogP contribution in [0.25, 0.3) is 0 Å². The van der Waals surface area contributed by atoms with Gasteiger partial charge in [0, 0.05) is 30.7 Å². The molecule has 9 heteroatoms. The number of methoxy groups -OCH3 is 1. The molecule has 6 nitrogen and oxygen atoms in total. The second kappa shape index (κ2) is 7.35. The number of hydrogen-bond donors (Lipinski definition) is 0. The highest BCUT2D eigenvalue weighted by molar-refractivity contribution is 7.91. The van der Waals surface area contributed by atoms with E-state index in [-0.39, 0.29) is 17.5 Å². The Balaban J connectivity index is 1.79. The van der Waals surface area contributed by atoms with Gasteiger partial charge in [0.05, 0.1) is 18.6 Å². The van der Waals surface area contributed by atoms with Gasteiger partial charge in [-0.15, -0.1) is 5.10 Å². The van der Waals surface area contributed by atoms with Crippen molar-refractivity contribution < 1.29 is 13.2 Å². The molecular weight excluding hydrogens is 370 g/mol. The summed E-state index contributed by atoms with van der Waals surface area (Å²) in [6.07, 6.45) is 0.633. The molecule has 1 aromatic carbocycles. The van der Waals surface area contributed by atoms with Crippen molar-refractivity contribution in [2.75, 3.05) is 18.6 Å². The van der Waals surface area contributed by atoms with Crippen LogP contribution in [-0.2, 0) is 22.9 Å². The third-order valence-electron chi connectivity index (χ3n) is 4.13. The van der Waals surface area contributed by atoms with Crippen molar-refractivity contribution in [3.63, 3.8) is 0 Å². The van der Waals surface area contributed by atoms with E-state index in [0.717, 1.165) is 22.8 Å². The summed E-state index contributed by atoms with van der Waals surface area (Å²) in [6, 6.07) is 7.73. The van der Waals surface area contributed by atoms with E-state index in [2.05, 4.69) is 14.5 Å². The quantitative estimate of drug-likeness (QED) is 0.757. The Labute approximate surface area is 150 Å². The SMILES string of the molecule is COc1ccc(CN(Cc2nnsc2Cl)C2CCS(=O)(=O)C2)cc1. The largest absolute Gasteiger partial charge is 0.497 e. The summed E-state index contributed by atoms with van der Waals surface area (Å²) in [4.78, 5) is 2.12. The average molecular weight is 388 g/mol. The van der Waals surface area contributed by atoms with E-state index in [1.54, 1.807) is 7.11 Å². The van der Waals surface area contributed by atoms with Gasteiger partial charge in [-0.2, -0.15) is 0 Å². The third-order valence-corrected chi connectivity index (χ3v) is 6.87. The van der Waals surface area contributed by atoms with E-state index in [9.17, 15) is 8.42 Å². The fraction of sp³-hybridized carbons (Fsp3) is 0.467. The molecule has 1 fully saturated rings. The van der Waals surface area contributed by atoms with Crippen LogP contribution in [0.3, 0.4) is 0 Å². The van der Waals surface area contributed by atoms with Crippen LogP contribution in [-0.4, -0.2) is 47.6 Å². The fourth-order valence-corrected chi connectivity index (χ4v) is 5.20. The van der Waals surface area contributed by atoms with Crippen LogP contribution < -0.4 is 4.74 Å². The molecule has 1 aliphatic rings. The van der Waals surface area contributed by atoms with E-state index in [1.165, 1.54) is 0 Å². The van der Waals surface area contributed by atoms with E-state index >= 15 is 0 Å². The normalized spacial score (nSPS) is 19.7. The van der Waals surface area contributed by atoms with Gasteiger partial charge in [-0.25, -0.2) is 8.42 Å². The lowest BCUT2D eigenvalue weighted by atomic mass is 10.1. The highest BCUT2D eigenvalue weighted by Crippen LogP contribution is 2.25. The molecule has 1 atom stereocenters. The number of benzene rings is 1. The van der Waals surface area contributed by atoms with Gasteiger partial charge in [0.15, 0.2) is 9.84 Å². The maximum atomic E-state index is 11.9. The highest BCUT2D eigenvalue weighted by Gasteiger charge is 2.33. The molecule has 1 saturated heterocycles. The Morgan fingerprint density at radius 3 is 2.62 bits per heavy atom. The van der Waals surface area contributed by atoms with Crippen LogP contribution in [0.1, 0.15) is 17.7 Å². The predicted octanol–water partition coefficient (Wildman–Crippen LogP) is 2.39. The molecule has 0 spiro atoms. The van der Waals surface area contributed by atoms with Crippen LogP contribution in [0.5, 0.6) is 5.75 Å². The second-order valence-electron chi connectivity index (χ2n) is 5.80. The molecule has 24 heavy (non-hydrogen) atoms. The fourth-order valence-electron chi connectivity index (χ4n) is 2.83. The molecule has 2 aromatic rings. The van der Waals surface area contributed by atoms with Gasteiger partial charge in [0.25, 0.3) is 0 Å². The summed E-state index contributed by atoms with van der Waals surface area (Å²) in [6.45, 7) is 1.11. The lowest BCUT2D eigenvalue weighted by Gasteiger charge is -2.27. The third kappa shape index (κ3) is 4.24. The molecule has 0 radical (unpaired) electrons. The summed E-state index contributed by atoms with van der Waals surface area (Å²) in [5.74, 6) is 1.21. The van der Waals surface area contributed by atoms with E-state index in [1.807, 2.05) is 24.3 Å². The smallest absolute Gasteiger partial charge is 0.151 e. The summed E-state index contributed by atoms with van der Waals surface area (Å²) < 4.78 is 33.3. The zero-order chi connectivity index (χ0) is 17.2. The first kappa shape index (κ1) is 17.6. The average Bonchev–Trinajstić information content (AvgIpc) is 3.13. The van der Waals surface area contributed by atoms with Gasteiger partial charge in [-0.05, 0) is 24.1 Å². The number of sulfone groups is 1. The molecule has 130 valence electrons. The molecular formula is C15H18ClN3O3S2. The van der Waals surface area contributed by atoms with Crippen LogP contribution >= 0.6 is 23.1 Å². The zero-order valence-electron chi connectivity index (χ0n) is 13.2. The summed E-state index contributed by atoms with van der Waals surface area (Å²) in [5.41, 5.74) is 1.78. The van der Waals surface area contributed by atoms with Gasteiger partial charge in [0.1, 0.15) is 15.8 Å². The standard InChI is InChI=1S/C15H18ClN3O3S2/c1-22-13-4-2-11(3-5-13)8-19(9-14-15(16)23-18-17-14)12-6-7-24(20,21)10-12/h2-5,12H,6-10H2,1H3. The van der Waals surface area contributed by atoms with E-state index < -0.39 is 9.84 Å². The van der Waals surface area contributed by atoms with Crippen molar-refractivity contribution in [3.05, 3.63) is 39.9 Å². The Morgan fingerprint density at radius 1 is 1.33 bits per heavy atom. The molecule has 0 saturated carbocycles. The minimum absolute atomic E-state index is 0.0325. The maximum absolute atomic E-state index is 11.9. The van der Waals surface area contributed by atoms with E-state index in [0.29, 0.717) is 29.5 Å². The van der Waals surface area contributed by atoms with Crippen molar-refractivity contribution in [2.24, 2.45) is 0 Å². The van der Waals surface area contributed by atoms with Gasteiger partial charge >= 0.3 is 0 Å². The minimum Gasteiger partial charge on any atom is -0.497 e. The minimum atomic E-state index is -2.96. The van der Waals surface area contributed by atoms with Gasteiger partial charge in [-0.1, -0.05) is 28.2 Å². The number of nitrogens with zero attached hydrogens (tertiary/aromatic N) is 3. The first-order valence-corrected chi connectivity index (χ1v) is 10.5. The number of halogens is 1. The first-order chi connectivity index (χ1) is 11.5. The summed E-state index contributed by atoms with van der Waals surface area (Å²) >= 11 is 7.26. The molecule has 0 amide bonds. The number of ether oxygens (including phenoxy) is 1. The molecule has 3 rings (SSSR count). The van der Waals surface area contributed by atoms with Gasteiger partial charge < -0.3 is 4.74 Å². The second-order valence-corrected chi connectivity index (χ2v) is 9.39. The molecule has 1 unspecified atom stereocenters. The molecule has 1 aliphatic heterocycles. The predicted molar refractivity (Wildman–Crippen MR) is 94.2 cm³/mol. The van der Waals surface area contributed by atoms with Crippen LogP contribution in [0, 0.1) is 0 Å². The zero-order valence-corrected chi connectivity index (χ0v) is 15.6.